The summed E-state index contributed by atoms with van der Waals surface area (Å²) in [4.78, 5) is 13.4. The van der Waals surface area contributed by atoms with E-state index in [1.165, 1.54) is 35.0 Å². The van der Waals surface area contributed by atoms with Gasteiger partial charge in [0.15, 0.2) is 0 Å². The molecule has 134 valence electrons. The zero-order valence-corrected chi connectivity index (χ0v) is 15.8. The first-order chi connectivity index (χ1) is 12.7. The predicted molar refractivity (Wildman–Crippen MR) is 108 cm³/mol. The molecule has 26 heavy (non-hydrogen) atoms. The maximum atomic E-state index is 12.3. The van der Waals surface area contributed by atoms with Crippen LogP contribution in [0.2, 0.25) is 0 Å². The van der Waals surface area contributed by atoms with Gasteiger partial charge in [0.2, 0.25) is 5.91 Å². The first-order valence-electron chi connectivity index (χ1n) is 9.20. The molecule has 0 saturated heterocycles. The average molecular weight is 366 g/mol. The van der Waals surface area contributed by atoms with E-state index in [9.17, 15) is 4.79 Å². The normalized spacial score (nSPS) is 14.4. The lowest BCUT2D eigenvalue weighted by Gasteiger charge is -2.15. The third kappa shape index (κ3) is 3.31. The highest BCUT2D eigenvalue weighted by Gasteiger charge is 2.19. The highest BCUT2D eigenvalue weighted by molar-refractivity contribution is 7.12. The summed E-state index contributed by atoms with van der Waals surface area (Å²) < 4.78 is 2.35. The van der Waals surface area contributed by atoms with Crippen LogP contribution in [0.5, 0.6) is 0 Å². The van der Waals surface area contributed by atoms with Crippen molar-refractivity contribution in [1.29, 1.82) is 0 Å². The van der Waals surface area contributed by atoms with Crippen LogP contribution in [0.4, 0.5) is 0 Å². The molecule has 5 heteroatoms. The Bertz CT molecular complexity index is 953. The van der Waals surface area contributed by atoms with Gasteiger partial charge in [-0.05, 0) is 55.7 Å². The molecule has 1 aromatic carbocycles. The van der Waals surface area contributed by atoms with Crippen molar-refractivity contribution in [3.05, 3.63) is 57.9 Å². The number of aryl methyl sites for hydroxylation is 2. The van der Waals surface area contributed by atoms with Crippen LogP contribution in [0.15, 0.2) is 46.9 Å². The number of carbonyl (C=O) groups excluding carboxylic acids is 1. The molecule has 3 aromatic rings. The largest absolute Gasteiger partial charge is 0.344 e. The first kappa shape index (κ1) is 17.0. The van der Waals surface area contributed by atoms with Gasteiger partial charge in [-0.2, -0.15) is 5.10 Å². The number of hydrazone groups is 1. The molecule has 0 unspecified atom stereocenters. The zero-order valence-electron chi connectivity index (χ0n) is 15.0. The number of benzene rings is 1. The Kier molecular flexibility index (Phi) is 4.89. The third-order valence-corrected chi connectivity index (χ3v) is 6.05. The lowest BCUT2D eigenvalue weighted by Crippen LogP contribution is -2.21. The van der Waals surface area contributed by atoms with Gasteiger partial charge in [0.1, 0.15) is 0 Å². The number of fused-ring (bicyclic) bond motifs is 3. The fraction of sp³-hybridized carbons (Fsp3) is 0.333. The molecular weight excluding hydrogens is 342 g/mol. The Morgan fingerprint density at radius 3 is 2.88 bits per heavy atom. The summed E-state index contributed by atoms with van der Waals surface area (Å²) in [6.45, 7) is 2.62. The van der Waals surface area contributed by atoms with Gasteiger partial charge in [-0.1, -0.05) is 24.3 Å². The van der Waals surface area contributed by atoms with Gasteiger partial charge >= 0.3 is 0 Å². The fourth-order valence-electron chi connectivity index (χ4n) is 3.80. The standard InChI is InChI=1S/C21H23N3OS/c1-15(20-11-6-14-26-20)22-23-21(25)12-13-24-18-9-4-2-7-16(18)17-8-3-5-10-19(17)24/h2,4,6-7,9,11,14H,3,5,8,10,12-13H2,1H3,(H,23,25)/b22-15+. The second kappa shape index (κ2) is 7.46. The van der Waals surface area contributed by atoms with Gasteiger partial charge in [0, 0.05) is 34.4 Å². The second-order valence-corrected chi connectivity index (χ2v) is 7.71. The minimum Gasteiger partial charge on any atom is -0.344 e. The Labute approximate surface area is 157 Å². The van der Waals surface area contributed by atoms with Crippen molar-refractivity contribution in [1.82, 2.24) is 9.99 Å². The third-order valence-electron chi connectivity index (χ3n) is 5.07. The van der Waals surface area contributed by atoms with Gasteiger partial charge < -0.3 is 4.57 Å². The van der Waals surface area contributed by atoms with Crippen LogP contribution in [0.3, 0.4) is 0 Å². The maximum absolute atomic E-state index is 12.3. The number of hydrogen-bond donors (Lipinski definition) is 1. The van der Waals surface area contributed by atoms with E-state index < -0.39 is 0 Å². The van der Waals surface area contributed by atoms with E-state index in [1.807, 2.05) is 24.4 Å². The summed E-state index contributed by atoms with van der Waals surface area (Å²) in [5, 5.41) is 7.60. The van der Waals surface area contributed by atoms with Crippen LogP contribution in [0.25, 0.3) is 10.9 Å². The van der Waals surface area contributed by atoms with Crippen molar-refractivity contribution in [3.8, 4) is 0 Å². The molecule has 1 N–H and O–H groups in total. The van der Waals surface area contributed by atoms with Crippen LogP contribution in [-0.2, 0) is 24.2 Å². The molecule has 4 nitrogen and oxygen atoms in total. The molecular formula is C21H23N3OS. The molecule has 0 atom stereocenters. The van der Waals surface area contributed by atoms with E-state index in [4.69, 9.17) is 0 Å². The van der Waals surface area contributed by atoms with Crippen molar-refractivity contribution >= 4 is 33.9 Å². The predicted octanol–water partition coefficient (Wildman–Crippen LogP) is 4.51. The van der Waals surface area contributed by atoms with E-state index in [0.29, 0.717) is 13.0 Å². The Morgan fingerprint density at radius 1 is 1.19 bits per heavy atom. The number of thiophene rings is 1. The van der Waals surface area contributed by atoms with Crippen LogP contribution in [0, 0.1) is 0 Å². The molecule has 0 radical (unpaired) electrons. The highest BCUT2D eigenvalue weighted by atomic mass is 32.1. The van der Waals surface area contributed by atoms with Crippen LogP contribution in [0.1, 0.15) is 42.3 Å². The second-order valence-electron chi connectivity index (χ2n) is 6.76. The number of carbonyl (C=O) groups is 1. The molecule has 2 heterocycles. The zero-order chi connectivity index (χ0) is 17.9. The molecule has 1 amide bonds. The maximum Gasteiger partial charge on any atom is 0.241 e. The number of nitrogens with zero attached hydrogens (tertiary/aromatic N) is 2. The number of amides is 1. The Morgan fingerprint density at radius 2 is 2.04 bits per heavy atom. The minimum atomic E-state index is -0.0387. The quantitative estimate of drug-likeness (QED) is 0.525. The van der Waals surface area contributed by atoms with Crippen molar-refractivity contribution < 1.29 is 4.79 Å². The van der Waals surface area contributed by atoms with E-state index >= 15 is 0 Å². The van der Waals surface area contributed by atoms with Crippen LogP contribution in [-0.4, -0.2) is 16.2 Å². The van der Waals surface area contributed by atoms with Crippen molar-refractivity contribution in [2.45, 2.75) is 45.6 Å². The molecule has 2 aromatic heterocycles. The Hall–Kier alpha value is -2.40. The summed E-state index contributed by atoms with van der Waals surface area (Å²) >= 11 is 1.62. The van der Waals surface area contributed by atoms with Crippen LogP contribution < -0.4 is 5.43 Å². The lowest BCUT2D eigenvalue weighted by molar-refractivity contribution is -0.121. The van der Waals surface area contributed by atoms with Gasteiger partial charge in [-0.3, -0.25) is 4.79 Å². The van der Waals surface area contributed by atoms with E-state index in [-0.39, 0.29) is 5.91 Å². The van der Waals surface area contributed by atoms with Gasteiger partial charge in [0.05, 0.1) is 5.71 Å². The van der Waals surface area contributed by atoms with Crippen LogP contribution >= 0.6 is 11.3 Å². The minimum absolute atomic E-state index is 0.0387. The molecule has 4 rings (SSSR count). The summed E-state index contributed by atoms with van der Waals surface area (Å²) in [6, 6.07) is 12.6. The molecule has 0 aliphatic heterocycles. The molecule has 0 fully saturated rings. The molecule has 1 aliphatic rings. The lowest BCUT2D eigenvalue weighted by atomic mass is 9.95. The summed E-state index contributed by atoms with van der Waals surface area (Å²) in [5.74, 6) is -0.0387. The number of hydrogen-bond acceptors (Lipinski definition) is 3. The van der Waals surface area contributed by atoms with Gasteiger partial charge in [-0.25, -0.2) is 5.43 Å². The number of aromatic nitrogens is 1. The highest BCUT2D eigenvalue weighted by Crippen LogP contribution is 2.32. The van der Waals surface area contributed by atoms with Crippen molar-refractivity contribution in [2.75, 3.05) is 0 Å². The Balaban J connectivity index is 1.48. The number of nitrogens with one attached hydrogen (secondary N) is 1. The molecule has 1 aliphatic carbocycles. The van der Waals surface area contributed by atoms with E-state index in [1.54, 1.807) is 11.3 Å². The topological polar surface area (TPSA) is 46.4 Å². The SMILES string of the molecule is C/C(=N\NC(=O)CCn1c2c(c3ccccc31)CCCC2)c1cccs1. The van der Waals surface area contributed by atoms with Crippen molar-refractivity contribution in [2.24, 2.45) is 5.10 Å². The number of para-hydroxylation sites is 1. The summed E-state index contributed by atoms with van der Waals surface area (Å²) in [5.41, 5.74) is 7.71. The van der Waals surface area contributed by atoms with E-state index in [2.05, 4.69) is 39.4 Å². The van der Waals surface area contributed by atoms with Gasteiger partial charge in [-0.15, -0.1) is 11.3 Å². The van der Waals surface area contributed by atoms with E-state index in [0.717, 1.165) is 23.4 Å². The number of rotatable bonds is 5. The van der Waals surface area contributed by atoms with Gasteiger partial charge in [0.25, 0.3) is 0 Å². The first-order valence-corrected chi connectivity index (χ1v) is 10.1. The average Bonchev–Trinajstić information content (AvgIpc) is 3.31. The summed E-state index contributed by atoms with van der Waals surface area (Å²) in [6.07, 6.45) is 5.20. The fourth-order valence-corrected chi connectivity index (χ4v) is 4.47. The monoisotopic (exact) mass is 365 g/mol. The summed E-state index contributed by atoms with van der Waals surface area (Å²) in [7, 11) is 0. The molecule has 0 spiro atoms. The smallest absolute Gasteiger partial charge is 0.241 e. The molecule has 0 saturated carbocycles. The molecule has 0 bridgehead atoms. The van der Waals surface area contributed by atoms with Crippen molar-refractivity contribution in [3.63, 3.8) is 0 Å².